The number of hydrogen-bond donors (Lipinski definition) is 1. The van der Waals surface area contributed by atoms with Crippen molar-refractivity contribution >= 4 is 40.3 Å². The van der Waals surface area contributed by atoms with E-state index >= 15 is 0 Å². The summed E-state index contributed by atoms with van der Waals surface area (Å²) in [6.45, 7) is 3.23. The number of rotatable bonds is 13. The van der Waals surface area contributed by atoms with Gasteiger partial charge in [0.25, 0.3) is 11.8 Å². The van der Waals surface area contributed by atoms with Gasteiger partial charge in [0.15, 0.2) is 0 Å². The van der Waals surface area contributed by atoms with Gasteiger partial charge in [0.2, 0.25) is 0 Å². The molecule has 1 saturated heterocycles. The molecular weight excluding hydrogens is 597 g/mol. The van der Waals surface area contributed by atoms with Crippen molar-refractivity contribution in [2.45, 2.75) is 70.6 Å². The van der Waals surface area contributed by atoms with E-state index in [9.17, 15) is 18.6 Å². The molecule has 0 radical (unpaired) electrons. The molecule has 1 aliphatic heterocycles. The van der Waals surface area contributed by atoms with Gasteiger partial charge in [-0.2, -0.15) is 11.8 Å². The molecule has 1 N–H and O–H groups in total. The van der Waals surface area contributed by atoms with E-state index in [1.807, 2.05) is 54.5 Å². The Morgan fingerprint density at radius 2 is 1.77 bits per heavy atom. The van der Waals surface area contributed by atoms with E-state index in [1.54, 1.807) is 17.8 Å². The van der Waals surface area contributed by atoms with Crippen LogP contribution in [0.1, 0.15) is 66.4 Å². The molecule has 0 bridgehead atoms. The number of nitrogens with one attached hydrogen (secondary N) is 1. The van der Waals surface area contributed by atoms with Crippen molar-refractivity contribution in [3.8, 4) is 11.1 Å². The summed E-state index contributed by atoms with van der Waals surface area (Å²) < 4.78 is 23.3. The van der Waals surface area contributed by atoms with Gasteiger partial charge in [0, 0.05) is 41.0 Å². The maximum absolute atomic E-state index is 13.6. The number of carbonyl (C=O) groups is 3. The first-order valence-corrected chi connectivity index (χ1v) is 18.5. The van der Waals surface area contributed by atoms with Crippen molar-refractivity contribution in [3.63, 3.8) is 0 Å². The summed E-state index contributed by atoms with van der Waals surface area (Å²) in [5, 5.41) is 2.89. The molecule has 0 spiro atoms. The van der Waals surface area contributed by atoms with Crippen LogP contribution in [0.4, 0.5) is 0 Å². The second-order valence-electron chi connectivity index (χ2n) is 11.7. The third-order valence-electron chi connectivity index (χ3n) is 8.65. The quantitative estimate of drug-likeness (QED) is 0.302. The van der Waals surface area contributed by atoms with Crippen LogP contribution in [-0.4, -0.2) is 82.8 Å². The fraction of sp³-hybridized carbons (Fsp3) is 0.559. The van der Waals surface area contributed by atoms with Crippen molar-refractivity contribution in [2.75, 3.05) is 43.7 Å². The topological polar surface area (TPSA) is 102 Å². The SMILES string of the molecule is COC(=O)[C@H](CCSC)NC(=O)c1ccc(CO[C@@H](CC2CCCCC2)C(=O)N2CCS(=O)CC2)cc1-c1ccccc1C. The van der Waals surface area contributed by atoms with Crippen LogP contribution in [0.15, 0.2) is 42.5 Å². The first kappa shape index (κ1) is 34.2. The molecule has 10 heteroatoms. The first-order chi connectivity index (χ1) is 21.3. The Morgan fingerprint density at radius 3 is 2.45 bits per heavy atom. The van der Waals surface area contributed by atoms with Crippen LogP contribution >= 0.6 is 11.8 Å². The first-order valence-electron chi connectivity index (χ1n) is 15.6. The van der Waals surface area contributed by atoms with Gasteiger partial charge in [-0.3, -0.25) is 13.8 Å². The summed E-state index contributed by atoms with van der Waals surface area (Å²) in [6.07, 6.45) is 8.39. The molecule has 2 aromatic carbocycles. The number of aryl methyl sites for hydroxylation is 1. The van der Waals surface area contributed by atoms with Crippen LogP contribution < -0.4 is 5.32 Å². The lowest BCUT2D eigenvalue weighted by molar-refractivity contribution is -0.146. The highest BCUT2D eigenvalue weighted by Gasteiger charge is 2.31. The van der Waals surface area contributed by atoms with Gasteiger partial charge in [-0.15, -0.1) is 0 Å². The molecule has 240 valence electrons. The molecule has 4 rings (SSSR count). The average Bonchev–Trinajstić information content (AvgIpc) is 3.05. The number of amides is 2. The molecule has 8 nitrogen and oxygen atoms in total. The van der Waals surface area contributed by atoms with Crippen molar-refractivity contribution in [1.29, 1.82) is 0 Å². The lowest BCUT2D eigenvalue weighted by atomic mass is 9.85. The third-order valence-corrected chi connectivity index (χ3v) is 10.6. The van der Waals surface area contributed by atoms with E-state index in [0.29, 0.717) is 54.7 Å². The molecular formula is C34H46N2O6S2. The fourth-order valence-electron chi connectivity index (χ4n) is 6.06. The summed E-state index contributed by atoms with van der Waals surface area (Å²) in [6, 6.07) is 12.7. The Kier molecular flexibility index (Phi) is 13.3. The smallest absolute Gasteiger partial charge is 0.328 e. The molecule has 2 amide bonds. The molecule has 2 atom stereocenters. The van der Waals surface area contributed by atoms with Crippen molar-refractivity contribution in [3.05, 3.63) is 59.2 Å². The summed E-state index contributed by atoms with van der Waals surface area (Å²) in [5.74, 6) is 1.36. The van der Waals surface area contributed by atoms with Gasteiger partial charge in [-0.1, -0.05) is 62.4 Å². The predicted octanol–water partition coefficient (Wildman–Crippen LogP) is 5.13. The Morgan fingerprint density at radius 1 is 1.05 bits per heavy atom. The number of benzene rings is 2. The summed E-state index contributed by atoms with van der Waals surface area (Å²) in [7, 11) is 0.463. The molecule has 1 heterocycles. The second-order valence-corrected chi connectivity index (χ2v) is 14.4. The number of nitrogens with zero attached hydrogens (tertiary/aromatic N) is 1. The molecule has 2 fully saturated rings. The van der Waals surface area contributed by atoms with Crippen LogP contribution in [0.5, 0.6) is 0 Å². The molecule has 44 heavy (non-hydrogen) atoms. The number of methoxy groups -OCH3 is 1. The highest BCUT2D eigenvalue weighted by molar-refractivity contribution is 7.98. The van der Waals surface area contributed by atoms with Crippen LogP contribution in [0.3, 0.4) is 0 Å². The minimum Gasteiger partial charge on any atom is -0.467 e. The molecule has 2 aliphatic rings. The minimum atomic E-state index is -0.863. The normalized spacial score (nSPS) is 17.6. The van der Waals surface area contributed by atoms with Gasteiger partial charge < -0.3 is 19.7 Å². The maximum atomic E-state index is 13.6. The van der Waals surface area contributed by atoms with Crippen molar-refractivity contribution in [2.24, 2.45) is 5.92 Å². The van der Waals surface area contributed by atoms with Crippen molar-refractivity contribution < 1.29 is 28.1 Å². The zero-order chi connectivity index (χ0) is 31.5. The maximum Gasteiger partial charge on any atom is 0.328 e. The van der Waals surface area contributed by atoms with E-state index < -0.39 is 28.9 Å². The lowest BCUT2D eigenvalue weighted by Gasteiger charge is -2.32. The summed E-state index contributed by atoms with van der Waals surface area (Å²) in [5.41, 5.74) is 3.97. The highest BCUT2D eigenvalue weighted by atomic mass is 32.2. The predicted molar refractivity (Wildman–Crippen MR) is 177 cm³/mol. The van der Waals surface area contributed by atoms with Gasteiger partial charge in [-0.05, 0) is 72.1 Å². The highest BCUT2D eigenvalue weighted by Crippen LogP contribution is 2.31. The van der Waals surface area contributed by atoms with Gasteiger partial charge in [0.1, 0.15) is 12.1 Å². The second kappa shape index (κ2) is 17.1. The Bertz CT molecular complexity index is 1300. The molecule has 1 aliphatic carbocycles. The van der Waals surface area contributed by atoms with Gasteiger partial charge in [-0.25, -0.2) is 4.79 Å². The molecule has 1 saturated carbocycles. The monoisotopic (exact) mass is 642 g/mol. The van der Waals surface area contributed by atoms with E-state index in [0.717, 1.165) is 35.1 Å². The zero-order valence-corrected chi connectivity index (χ0v) is 27.8. The molecule has 0 aromatic heterocycles. The number of esters is 1. The standard InChI is InChI=1S/C34H46N2O6S2/c1-24-9-7-8-12-27(24)29-21-26(13-14-28(29)32(37)35-30(15-18-43-3)34(39)41-2)23-42-31(22-25-10-5-4-6-11-25)33(38)36-16-19-44(40)20-17-36/h7-9,12-14,21,25,30-31H,4-6,10-11,15-20,22-23H2,1-3H3,(H,35,37)/t30-,31-/m0/s1. The Balaban J connectivity index is 1.58. The average molecular weight is 643 g/mol. The summed E-state index contributed by atoms with van der Waals surface area (Å²) in [4.78, 5) is 41.5. The van der Waals surface area contributed by atoms with Gasteiger partial charge >= 0.3 is 5.97 Å². The summed E-state index contributed by atoms with van der Waals surface area (Å²) >= 11 is 1.60. The van der Waals surface area contributed by atoms with E-state index in [-0.39, 0.29) is 18.4 Å². The van der Waals surface area contributed by atoms with Crippen LogP contribution in [0.25, 0.3) is 11.1 Å². The molecule has 2 aromatic rings. The van der Waals surface area contributed by atoms with Crippen LogP contribution in [0.2, 0.25) is 0 Å². The van der Waals surface area contributed by atoms with E-state index in [1.165, 1.54) is 26.4 Å². The van der Waals surface area contributed by atoms with Crippen LogP contribution in [0, 0.1) is 12.8 Å². The lowest BCUT2D eigenvalue weighted by Crippen LogP contribution is -2.47. The zero-order valence-electron chi connectivity index (χ0n) is 26.2. The minimum absolute atomic E-state index is 0.0125. The number of hydrogen-bond acceptors (Lipinski definition) is 7. The van der Waals surface area contributed by atoms with E-state index in [2.05, 4.69) is 5.32 Å². The van der Waals surface area contributed by atoms with Crippen LogP contribution in [-0.2, 0) is 36.5 Å². The number of thioether (sulfide) groups is 1. The van der Waals surface area contributed by atoms with Gasteiger partial charge in [0.05, 0.1) is 13.7 Å². The van der Waals surface area contributed by atoms with E-state index in [4.69, 9.17) is 9.47 Å². The third kappa shape index (κ3) is 9.41. The molecule has 0 unspecified atom stereocenters. The largest absolute Gasteiger partial charge is 0.467 e. The number of carbonyl (C=O) groups excluding carboxylic acids is 3. The van der Waals surface area contributed by atoms with Crippen molar-refractivity contribution in [1.82, 2.24) is 10.2 Å². The fourth-order valence-corrected chi connectivity index (χ4v) is 7.59. The Hall–Kier alpha value is -2.69. The Labute approximate surface area is 268 Å². The number of ether oxygens (including phenoxy) is 2.